The number of methoxy groups -OCH3 is 1. The van der Waals surface area contributed by atoms with E-state index in [0.717, 1.165) is 10.6 Å². The summed E-state index contributed by atoms with van der Waals surface area (Å²) in [5.41, 5.74) is 0.0467. The zero-order valence-corrected chi connectivity index (χ0v) is 17.0. The lowest BCUT2D eigenvalue weighted by Gasteiger charge is -2.28. The van der Waals surface area contributed by atoms with Crippen LogP contribution in [0.3, 0.4) is 0 Å². The van der Waals surface area contributed by atoms with Gasteiger partial charge in [-0.1, -0.05) is 30.3 Å². The minimum absolute atomic E-state index is 0.129. The summed E-state index contributed by atoms with van der Waals surface area (Å²) in [4.78, 5) is 41.3. The minimum Gasteiger partial charge on any atom is -0.497 e. The first-order valence-corrected chi connectivity index (χ1v) is 9.43. The van der Waals surface area contributed by atoms with E-state index < -0.39 is 17.5 Å². The summed E-state index contributed by atoms with van der Waals surface area (Å²) in [6, 6.07) is 15.4. The molecule has 1 fully saturated rings. The van der Waals surface area contributed by atoms with Gasteiger partial charge in [-0.05, 0) is 50.6 Å². The Bertz CT molecular complexity index is 929. The van der Waals surface area contributed by atoms with Crippen LogP contribution >= 0.6 is 0 Å². The SMILES string of the molecule is COc1cccc([C@]2(C)NC(=O)N(CC(=O)N(c3ccccc3)C(C)C)C2=O)c1. The molecule has 7 heteroatoms. The van der Waals surface area contributed by atoms with E-state index in [2.05, 4.69) is 5.32 Å². The zero-order valence-electron chi connectivity index (χ0n) is 17.0. The second-order valence-corrected chi connectivity index (χ2v) is 7.37. The number of hydrogen-bond acceptors (Lipinski definition) is 4. The van der Waals surface area contributed by atoms with Crippen molar-refractivity contribution in [3.63, 3.8) is 0 Å². The molecule has 0 saturated carbocycles. The maximum absolute atomic E-state index is 13.1. The predicted molar refractivity (Wildman–Crippen MR) is 110 cm³/mol. The second-order valence-electron chi connectivity index (χ2n) is 7.37. The van der Waals surface area contributed by atoms with Gasteiger partial charge in [-0.3, -0.25) is 14.5 Å². The monoisotopic (exact) mass is 395 g/mol. The van der Waals surface area contributed by atoms with Crippen LogP contribution in [0.15, 0.2) is 54.6 Å². The summed E-state index contributed by atoms with van der Waals surface area (Å²) >= 11 is 0. The summed E-state index contributed by atoms with van der Waals surface area (Å²) in [5, 5.41) is 2.72. The minimum atomic E-state index is -1.26. The van der Waals surface area contributed by atoms with Gasteiger partial charge in [-0.15, -0.1) is 0 Å². The lowest BCUT2D eigenvalue weighted by molar-refractivity contribution is -0.134. The smallest absolute Gasteiger partial charge is 0.325 e. The highest BCUT2D eigenvalue weighted by molar-refractivity contribution is 6.10. The number of anilines is 1. The van der Waals surface area contributed by atoms with Crippen LogP contribution in [0.5, 0.6) is 5.75 Å². The molecule has 0 radical (unpaired) electrons. The van der Waals surface area contributed by atoms with Crippen molar-refractivity contribution in [1.29, 1.82) is 0 Å². The molecule has 29 heavy (non-hydrogen) atoms. The summed E-state index contributed by atoms with van der Waals surface area (Å²) in [6.45, 7) is 5.06. The van der Waals surface area contributed by atoms with Gasteiger partial charge < -0.3 is 15.0 Å². The van der Waals surface area contributed by atoms with Crippen LogP contribution in [0.2, 0.25) is 0 Å². The molecule has 1 aliphatic rings. The van der Waals surface area contributed by atoms with E-state index in [-0.39, 0.29) is 18.5 Å². The Morgan fingerprint density at radius 1 is 1.14 bits per heavy atom. The normalized spacial score (nSPS) is 18.7. The number of benzene rings is 2. The Balaban J connectivity index is 1.85. The Hall–Kier alpha value is -3.35. The molecule has 0 bridgehead atoms. The van der Waals surface area contributed by atoms with Gasteiger partial charge in [0.1, 0.15) is 17.8 Å². The van der Waals surface area contributed by atoms with Gasteiger partial charge in [0, 0.05) is 11.7 Å². The molecule has 7 nitrogen and oxygen atoms in total. The van der Waals surface area contributed by atoms with E-state index in [0.29, 0.717) is 11.3 Å². The highest BCUT2D eigenvalue weighted by Gasteiger charge is 2.50. The van der Waals surface area contributed by atoms with E-state index in [1.807, 2.05) is 44.2 Å². The Morgan fingerprint density at radius 3 is 2.45 bits per heavy atom. The molecule has 1 atom stereocenters. The third-order valence-corrected chi connectivity index (χ3v) is 5.03. The van der Waals surface area contributed by atoms with Gasteiger partial charge in [-0.25, -0.2) is 4.79 Å². The number of carbonyl (C=O) groups excluding carboxylic acids is 3. The number of rotatable bonds is 6. The van der Waals surface area contributed by atoms with E-state index in [1.165, 1.54) is 7.11 Å². The molecule has 1 aliphatic heterocycles. The van der Waals surface area contributed by atoms with Crippen LogP contribution in [0.1, 0.15) is 26.3 Å². The first-order chi connectivity index (χ1) is 13.8. The average Bonchev–Trinajstić information content (AvgIpc) is 2.92. The molecule has 1 saturated heterocycles. The van der Waals surface area contributed by atoms with Crippen molar-refractivity contribution in [2.45, 2.75) is 32.4 Å². The van der Waals surface area contributed by atoms with Crippen molar-refractivity contribution in [2.24, 2.45) is 0 Å². The molecule has 2 aromatic rings. The third kappa shape index (κ3) is 3.81. The molecule has 1 N–H and O–H groups in total. The Labute approximate surface area is 170 Å². The fraction of sp³-hybridized carbons (Fsp3) is 0.318. The van der Waals surface area contributed by atoms with Crippen molar-refractivity contribution in [3.8, 4) is 5.75 Å². The quantitative estimate of drug-likeness (QED) is 0.763. The number of nitrogens with one attached hydrogen (secondary N) is 1. The number of amides is 4. The van der Waals surface area contributed by atoms with Crippen molar-refractivity contribution < 1.29 is 19.1 Å². The molecule has 2 aromatic carbocycles. The molecule has 1 heterocycles. The highest BCUT2D eigenvalue weighted by atomic mass is 16.5. The van der Waals surface area contributed by atoms with Crippen LogP contribution in [0.4, 0.5) is 10.5 Å². The van der Waals surface area contributed by atoms with Crippen molar-refractivity contribution in [3.05, 3.63) is 60.2 Å². The van der Waals surface area contributed by atoms with Crippen LogP contribution < -0.4 is 15.0 Å². The van der Waals surface area contributed by atoms with Crippen molar-refractivity contribution in [1.82, 2.24) is 10.2 Å². The number of para-hydroxylation sites is 1. The topological polar surface area (TPSA) is 79.0 Å². The third-order valence-electron chi connectivity index (χ3n) is 5.03. The Kier molecular flexibility index (Phi) is 5.59. The number of urea groups is 1. The van der Waals surface area contributed by atoms with E-state index in [4.69, 9.17) is 4.74 Å². The number of imide groups is 1. The molecule has 152 valence electrons. The number of carbonyl (C=O) groups is 3. The molecule has 0 spiro atoms. The van der Waals surface area contributed by atoms with Crippen LogP contribution in [-0.2, 0) is 15.1 Å². The first-order valence-electron chi connectivity index (χ1n) is 9.43. The lowest BCUT2D eigenvalue weighted by Crippen LogP contribution is -2.46. The van der Waals surface area contributed by atoms with Gasteiger partial charge in [0.05, 0.1) is 7.11 Å². The van der Waals surface area contributed by atoms with Crippen LogP contribution in [0.25, 0.3) is 0 Å². The molecule has 0 aromatic heterocycles. The summed E-state index contributed by atoms with van der Waals surface area (Å²) < 4.78 is 5.22. The second kappa shape index (κ2) is 7.95. The van der Waals surface area contributed by atoms with Gasteiger partial charge in [0.2, 0.25) is 5.91 Å². The number of ether oxygens (including phenoxy) is 1. The molecule has 3 rings (SSSR count). The Morgan fingerprint density at radius 2 is 1.83 bits per heavy atom. The molecular weight excluding hydrogens is 370 g/mol. The maximum atomic E-state index is 13.1. The predicted octanol–water partition coefficient (Wildman–Crippen LogP) is 2.90. The highest BCUT2D eigenvalue weighted by Crippen LogP contribution is 2.31. The van der Waals surface area contributed by atoms with Gasteiger partial charge >= 0.3 is 6.03 Å². The summed E-state index contributed by atoms with van der Waals surface area (Å²) in [7, 11) is 1.53. The standard InChI is InChI=1S/C22H25N3O4/c1-15(2)25(17-10-6-5-7-11-17)19(26)14-24-20(27)22(3,23-21(24)28)16-9-8-12-18(13-16)29-4/h5-13,15H,14H2,1-4H3,(H,23,28)/t22-/m0/s1. The fourth-order valence-electron chi connectivity index (χ4n) is 3.50. The van der Waals surface area contributed by atoms with E-state index in [9.17, 15) is 14.4 Å². The fourth-order valence-corrected chi connectivity index (χ4v) is 3.50. The van der Waals surface area contributed by atoms with Gasteiger partial charge in [0.25, 0.3) is 5.91 Å². The summed E-state index contributed by atoms with van der Waals surface area (Å²) in [5.74, 6) is -0.221. The largest absolute Gasteiger partial charge is 0.497 e. The van der Waals surface area contributed by atoms with Crippen LogP contribution in [-0.4, -0.2) is 42.4 Å². The van der Waals surface area contributed by atoms with Crippen molar-refractivity contribution >= 4 is 23.5 Å². The molecule has 4 amide bonds. The van der Waals surface area contributed by atoms with E-state index >= 15 is 0 Å². The van der Waals surface area contributed by atoms with Crippen LogP contribution in [0, 0.1) is 0 Å². The average molecular weight is 395 g/mol. The van der Waals surface area contributed by atoms with E-state index in [1.54, 1.807) is 36.1 Å². The molecule has 0 unspecified atom stereocenters. The summed E-state index contributed by atoms with van der Waals surface area (Å²) in [6.07, 6.45) is 0. The van der Waals surface area contributed by atoms with Gasteiger partial charge in [-0.2, -0.15) is 0 Å². The maximum Gasteiger partial charge on any atom is 0.325 e. The first kappa shape index (κ1) is 20.4. The number of nitrogens with zero attached hydrogens (tertiary/aromatic N) is 2. The van der Waals surface area contributed by atoms with Gasteiger partial charge in [0.15, 0.2) is 0 Å². The van der Waals surface area contributed by atoms with Crippen molar-refractivity contribution in [2.75, 3.05) is 18.6 Å². The molecule has 0 aliphatic carbocycles. The molecular formula is C22H25N3O4. The number of hydrogen-bond donors (Lipinski definition) is 1. The lowest BCUT2D eigenvalue weighted by atomic mass is 9.92. The zero-order chi connectivity index (χ0) is 21.2.